The summed E-state index contributed by atoms with van der Waals surface area (Å²) in [5.41, 5.74) is 0. The molecule has 0 aliphatic rings. The molecule has 0 bridgehead atoms. The van der Waals surface area contributed by atoms with Crippen molar-refractivity contribution in [1.82, 2.24) is 0 Å². The number of rotatable bonds is 76. The molecule has 570 valence electrons. The SMILES string of the molecule is CCCCCCCCCCCCCCCCCCCCCC(=O)O[C@H](COC(=O)CCCCCCCCCCCCCCCC(C)C)COP(=O)(O)OC[C@@H](O)COP(=O)(O)OC[C@@H](COC(=O)CCCCCCCCCC)OC(=O)CCCCCCCCCCCCC(C)C. The van der Waals surface area contributed by atoms with Gasteiger partial charge in [-0.2, -0.15) is 0 Å². The Hall–Kier alpha value is -1.94. The lowest BCUT2D eigenvalue weighted by molar-refractivity contribution is -0.161. The second-order valence-corrected chi connectivity index (χ2v) is 31.6. The third-order valence-corrected chi connectivity index (χ3v) is 19.9. The summed E-state index contributed by atoms with van der Waals surface area (Å²) in [6, 6.07) is 0. The highest BCUT2D eigenvalue weighted by molar-refractivity contribution is 7.47. The summed E-state index contributed by atoms with van der Waals surface area (Å²) < 4.78 is 68.5. The van der Waals surface area contributed by atoms with E-state index in [1.807, 2.05) is 0 Å². The standard InChI is InChI=1S/C77H150O17P2/c1-7-9-11-13-15-17-18-19-20-21-22-23-24-27-31-37-43-49-55-61-76(81)94-73(66-88-75(80)60-54-48-42-36-30-28-25-26-29-34-39-45-51-57-69(3)4)68-92-96(85,86)90-64-71(78)63-89-95(83,84)91-67-72(65-87-74(79)59-53-47-41-16-14-12-10-8-2)93-77(82)62-56-50-44-38-33-32-35-40-46-52-58-70(5)6/h69-73,78H,7-68H2,1-6H3,(H,83,84)(H,85,86)/t71-,72+,73+/m0/s1. The molecule has 0 spiro atoms. The third-order valence-electron chi connectivity index (χ3n) is 18.0. The lowest BCUT2D eigenvalue weighted by Crippen LogP contribution is -2.30. The van der Waals surface area contributed by atoms with E-state index in [4.69, 9.17) is 37.0 Å². The van der Waals surface area contributed by atoms with Crippen LogP contribution in [0.25, 0.3) is 0 Å². The van der Waals surface area contributed by atoms with E-state index in [2.05, 4.69) is 41.5 Å². The first-order valence-electron chi connectivity index (χ1n) is 40.0. The van der Waals surface area contributed by atoms with Gasteiger partial charge < -0.3 is 33.8 Å². The zero-order valence-corrected chi connectivity index (χ0v) is 64.5. The van der Waals surface area contributed by atoms with E-state index < -0.39 is 97.5 Å². The van der Waals surface area contributed by atoms with Crippen molar-refractivity contribution in [1.29, 1.82) is 0 Å². The molecule has 0 aromatic rings. The van der Waals surface area contributed by atoms with Gasteiger partial charge in [-0.05, 0) is 37.5 Å². The van der Waals surface area contributed by atoms with Gasteiger partial charge in [-0.25, -0.2) is 9.13 Å². The fourth-order valence-electron chi connectivity index (χ4n) is 11.8. The first kappa shape index (κ1) is 94.1. The number of aliphatic hydroxyl groups is 1. The summed E-state index contributed by atoms with van der Waals surface area (Å²) in [6.07, 6.45) is 57.0. The maximum Gasteiger partial charge on any atom is 0.472 e. The molecule has 19 heteroatoms. The minimum absolute atomic E-state index is 0.106. The molecule has 0 heterocycles. The Balaban J connectivity index is 5.21. The highest BCUT2D eigenvalue weighted by Gasteiger charge is 2.30. The van der Waals surface area contributed by atoms with Crippen molar-refractivity contribution in [2.24, 2.45) is 11.8 Å². The quantitative estimate of drug-likeness (QED) is 0.0222. The van der Waals surface area contributed by atoms with Crippen LogP contribution in [0, 0.1) is 11.8 Å². The molecule has 3 N–H and O–H groups in total. The number of aliphatic hydroxyl groups excluding tert-OH is 1. The number of phosphoric ester groups is 2. The molecule has 0 radical (unpaired) electrons. The van der Waals surface area contributed by atoms with Gasteiger partial charge in [0.25, 0.3) is 0 Å². The number of esters is 4. The second kappa shape index (κ2) is 68.8. The summed E-state index contributed by atoms with van der Waals surface area (Å²) in [5, 5.41) is 10.6. The molecule has 0 aliphatic carbocycles. The van der Waals surface area contributed by atoms with Crippen LogP contribution in [0.15, 0.2) is 0 Å². The molecule has 0 amide bonds. The van der Waals surface area contributed by atoms with E-state index in [0.717, 1.165) is 108 Å². The van der Waals surface area contributed by atoms with Crippen LogP contribution in [0.5, 0.6) is 0 Å². The van der Waals surface area contributed by atoms with Crippen molar-refractivity contribution < 1.29 is 80.2 Å². The number of ether oxygens (including phenoxy) is 4. The molecule has 0 saturated carbocycles. The molecule has 2 unspecified atom stereocenters. The van der Waals surface area contributed by atoms with E-state index in [9.17, 15) is 43.2 Å². The van der Waals surface area contributed by atoms with Gasteiger partial charge in [0.15, 0.2) is 12.2 Å². The average Bonchev–Trinajstić information content (AvgIpc) is 1.26. The maximum atomic E-state index is 13.1. The van der Waals surface area contributed by atoms with Crippen molar-refractivity contribution in [2.45, 2.75) is 419 Å². The molecule has 0 rings (SSSR count). The van der Waals surface area contributed by atoms with Gasteiger partial charge in [-0.3, -0.25) is 37.3 Å². The third kappa shape index (κ3) is 70.5. The van der Waals surface area contributed by atoms with E-state index in [0.29, 0.717) is 25.7 Å². The Bertz CT molecular complexity index is 1860. The number of hydrogen-bond acceptors (Lipinski definition) is 15. The summed E-state index contributed by atoms with van der Waals surface area (Å²) in [5.74, 6) is -0.573. The van der Waals surface area contributed by atoms with Crippen LogP contribution < -0.4 is 0 Å². The van der Waals surface area contributed by atoms with Gasteiger partial charge in [0.2, 0.25) is 0 Å². The highest BCUT2D eigenvalue weighted by Crippen LogP contribution is 2.45. The number of hydrogen-bond donors (Lipinski definition) is 3. The lowest BCUT2D eigenvalue weighted by atomic mass is 10.0. The van der Waals surface area contributed by atoms with Crippen LogP contribution in [0.3, 0.4) is 0 Å². The second-order valence-electron chi connectivity index (χ2n) is 28.7. The van der Waals surface area contributed by atoms with E-state index in [1.165, 1.54) is 212 Å². The van der Waals surface area contributed by atoms with Crippen molar-refractivity contribution in [3.8, 4) is 0 Å². The predicted molar refractivity (Wildman–Crippen MR) is 391 cm³/mol. The van der Waals surface area contributed by atoms with Crippen LogP contribution in [0.1, 0.15) is 401 Å². The van der Waals surface area contributed by atoms with Gasteiger partial charge in [-0.15, -0.1) is 0 Å². The predicted octanol–water partition coefficient (Wildman–Crippen LogP) is 22.7. The minimum Gasteiger partial charge on any atom is -0.462 e. The minimum atomic E-state index is -4.96. The first-order valence-corrected chi connectivity index (χ1v) is 43.0. The summed E-state index contributed by atoms with van der Waals surface area (Å²) in [7, 11) is -9.91. The maximum absolute atomic E-state index is 13.1. The fraction of sp³-hybridized carbons (Fsp3) is 0.948. The van der Waals surface area contributed by atoms with Crippen molar-refractivity contribution >= 4 is 39.5 Å². The molecular formula is C77H150O17P2. The molecule has 0 aromatic heterocycles. The van der Waals surface area contributed by atoms with Crippen molar-refractivity contribution in [2.75, 3.05) is 39.6 Å². The van der Waals surface area contributed by atoms with E-state index in [-0.39, 0.29) is 25.7 Å². The molecular weight excluding hydrogens is 1260 g/mol. The number of carbonyl (C=O) groups is 4. The number of unbranched alkanes of at least 4 members (excludes halogenated alkanes) is 46. The van der Waals surface area contributed by atoms with E-state index in [1.54, 1.807) is 0 Å². The Morgan fingerprint density at radius 3 is 0.708 bits per heavy atom. The van der Waals surface area contributed by atoms with Gasteiger partial charge in [0.1, 0.15) is 19.3 Å². The zero-order valence-electron chi connectivity index (χ0n) is 62.7. The first-order chi connectivity index (χ1) is 46.4. The molecule has 0 saturated heterocycles. The summed E-state index contributed by atoms with van der Waals surface area (Å²) in [4.78, 5) is 72.8. The largest absolute Gasteiger partial charge is 0.472 e. The summed E-state index contributed by atoms with van der Waals surface area (Å²) >= 11 is 0. The van der Waals surface area contributed by atoms with Crippen LogP contribution in [0.2, 0.25) is 0 Å². The van der Waals surface area contributed by atoms with Gasteiger partial charge in [-0.1, -0.05) is 350 Å². The lowest BCUT2D eigenvalue weighted by Gasteiger charge is -2.21. The Morgan fingerprint density at radius 2 is 0.479 bits per heavy atom. The van der Waals surface area contributed by atoms with E-state index >= 15 is 0 Å². The molecule has 0 aromatic carbocycles. The van der Waals surface area contributed by atoms with Crippen LogP contribution in [-0.4, -0.2) is 96.7 Å². The normalized spacial score (nSPS) is 14.0. The van der Waals surface area contributed by atoms with Crippen LogP contribution in [0.4, 0.5) is 0 Å². The topological polar surface area (TPSA) is 237 Å². The fourth-order valence-corrected chi connectivity index (χ4v) is 13.4. The van der Waals surface area contributed by atoms with Crippen molar-refractivity contribution in [3.63, 3.8) is 0 Å². The molecule has 96 heavy (non-hydrogen) atoms. The monoisotopic (exact) mass is 1410 g/mol. The Labute approximate surface area is 588 Å². The average molecular weight is 1410 g/mol. The molecule has 0 aliphatic heterocycles. The highest BCUT2D eigenvalue weighted by atomic mass is 31.2. The number of carbonyl (C=O) groups excluding carboxylic acids is 4. The van der Waals surface area contributed by atoms with Gasteiger partial charge in [0, 0.05) is 25.7 Å². The smallest absolute Gasteiger partial charge is 0.462 e. The van der Waals surface area contributed by atoms with Crippen LogP contribution >= 0.6 is 15.6 Å². The van der Waals surface area contributed by atoms with Crippen LogP contribution in [-0.2, 0) is 65.4 Å². The number of phosphoric acid groups is 2. The molecule has 0 fully saturated rings. The summed E-state index contributed by atoms with van der Waals surface area (Å²) in [6.45, 7) is 9.59. The van der Waals surface area contributed by atoms with Crippen molar-refractivity contribution in [3.05, 3.63) is 0 Å². The van der Waals surface area contributed by atoms with Gasteiger partial charge >= 0.3 is 39.5 Å². The zero-order chi connectivity index (χ0) is 70.7. The molecule has 5 atom stereocenters. The Morgan fingerprint density at radius 1 is 0.281 bits per heavy atom. The molecule has 17 nitrogen and oxygen atoms in total. The Kier molecular flexibility index (Phi) is 67.4. The van der Waals surface area contributed by atoms with Gasteiger partial charge in [0.05, 0.1) is 26.4 Å².